The summed E-state index contributed by atoms with van der Waals surface area (Å²) in [5, 5.41) is 9.34. The van der Waals surface area contributed by atoms with Gasteiger partial charge in [-0.3, -0.25) is 9.79 Å². The summed E-state index contributed by atoms with van der Waals surface area (Å²) in [4.78, 5) is 15.8. The number of aryl methyl sites for hydroxylation is 1. The van der Waals surface area contributed by atoms with E-state index in [1.165, 1.54) is 18.4 Å². The van der Waals surface area contributed by atoms with Crippen molar-refractivity contribution in [2.45, 2.75) is 46.1 Å². The maximum absolute atomic E-state index is 11.6. The second-order valence-electron chi connectivity index (χ2n) is 6.82. The van der Waals surface area contributed by atoms with Crippen LogP contribution in [0.15, 0.2) is 23.2 Å². The standard InChI is InChI=1S/C20H32N4O2/c1-4-10-22-19(25)9-11-23-20(21-3)24-13-17-8-5-15(2)12-18(17)26-14-16-6-7-16/h5,8,12,16H,4,6-7,9-11,13-14H2,1-3H3,(H,22,25)(H2,21,23,24). The quantitative estimate of drug-likeness (QED) is 0.442. The molecule has 0 saturated heterocycles. The Hall–Kier alpha value is -2.24. The molecule has 26 heavy (non-hydrogen) atoms. The third kappa shape index (κ3) is 7.33. The minimum atomic E-state index is 0.0594. The minimum absolute atomic E-state index is 0.0594. The van der Waals surface area contributed by atoms with Crippen molar-refractivity contribution in [2.75, 3.05) is 26.7 Å². The van der Waals surface area contributed by atoms with Gasteiger partial charge in [-0.25, -0.2) is 0 Å². The number of ether oxygens (including phenoxy) is 1. The van der Waals surface area contributed by atoms with Gasteiger partial charge in [-0.1, -0.05) is 19.1 Å². The Kier molecular flexibility index (Phi) is 8.25. The molecule has 1 aliphatic carbocycles. The number of rotatable bonds is 10. The van der Waals surface area contributed by atoms with Crippen LogP contribution in [0.25, 0.3) is 0 Å². The number of carbonyl (C=O) groups excluding carboxylic acids is 1. The van der Waals surface area contributed by atoms with Gasteiger partial charge in [0.25, 0.3) is 0 Å². The van der Waals surface area contributed by atoms with E-state index in [4.69, 9.17) is 4.74 Å². The molecule has 1 fully saturated rings. The fourth-order valence-corrected chi connectivity index (χ4v) is 2.48. The average molecular weight is 361 g/mol. The number of hydrogen-bond acceptors (Lipinski definition) is 3. The summed E-state index contributed by atoms with van der Waals surface area (Å²) in [6.07, 6.45) is 3.94. The van der Waals surface area contributed by atoms with E-state index in [1.54, 1.807) is 7.05 Å². The SMILES string of the molecule is CCCNC(=O)CCNC(=NC)NCc1ccc(C)cc1OCC1CC1. The molecule has 1 aliphatic rings. The molecule has 0 aliphatic heterocycles. The molecule has 0 spiro atoms. The molecule has 1 aromatic rings. The summed E-state index contributed by atoms with van der Waals surface area (Å²) in [5.74, 6) is 2.41. The molecule has 1 saturated carbocycles. The molecule has 0 bridgehead atoms. The first kappa shape index (κ1) is 20.1. The van der Waals surface area contributed by atoms with Crippen molar-refractivity contribution in [3.05, 3.63) is 29.3 Å². The zero-order valence-corrected chi connectivity index (χ0v) is 16.2. The van der Waals surface area contributed by atoms with Gasteiger partial charge < -0.3 is 20.7 Å². The Balaban J connectivity index is 1.79. The number of nitrogens with one attached hydrogen (secondary N) is 3. The number of aliphatic imine (C=N–C) groups is 1. The first-order valence-corrected chi connectivity index (χ1v) is 9.56. The lowest BCUT2D eigenvalue weighted by atomic mass is 10.1. The molecule has 0 radical (unpaired) electrons. The average Bonchev–Trinajstić information content (AvgIpc) is 3.46. The molecule has 0 heterocycles. The van der Waals surface area contributed by atoms with Crippen molar-refractivity contribution in [2.24, 2.45) is 10.9 Å². The molecular formula is C20H32N4O2. The number of benzene rings is 1. The Bertz CT molecular complexity index is 612. The lowest BCUT2D eigenvalue weighted by Gasteiger charge is -2.15. The smallest absolute Gasteiger partial charge is 0.221 e. The van der Waals surface area contributed by atoms with E-state index >= 15 is 0 Å². The highest BCUT2D eigenvalue weighted by atomic mass is 16.5. The van der Waals surface area contributed by atoms with Gasteiger partial charge in [-0.2, -0.15) is 0 Å². The van der Waals surface area contributed by atoms with Crippen molar-refractivity contribution < 1.29 is 9.53 Å². The van der Waals surface area contributed by atoms with Crippen LogP contribution in [0, 0.1) is 12.8 Å². The van der Waals surface area contributed by atoms with Crippen LogP contribution >= 0.6 is 0 Å². The van der Waals surface area contributed by atoms with Gasteiger partial charge in [-0.15, -0.1) is 0 Å². The highest BCUT2D eigenvalue weighted by Gasteiger charge is 2.22. The fourth-order valence-electron chi connectivity index (χ4n) is 2.48. The topological polar surface area (TPSA) is 74.8 Å². The van der Waals surface area contributed by atoms with Gasteiger partial charge in [0.1, 0.15) is 5.75 Å². The zero-order valence-electron chi connectivity index (χ0n) is 16.2. The van der Waals surface area contributed by atoms with E-state index in [9.17, 15) is 4.79 Å². The predicted molar refractivity (Wildman–Crippen MR) is 106 cm³/mol. The van der Waals surface area contributed by atoms with Crippen molar-refractivity contribution in [3.8, 4) is 5.75 Å². The highest BCUT2D eigenvalue weighted by molar-refractivity contribution is 5.81. The summed E-state index contributed by atoms with van der Waals surface area (Å²) < 4.78 is 6.00. The molecule has 0 atom stereocenters. The van der Waals surface area contributed by atoms with Crippen LogP contribution < -0.4 is 20.7 Å². The fraction of sp³-hybridized carbons (Fsp3) is 0.600. The van der Waals surface area contributed by atoms with Gasteiger partial charge >= 0.3 is 0 Å². The summed E-state index contributed by atoms with van der Waals surface area (Å²) in [6.45, 7) is 6.82. The molecule has 1 aromatic carbocycles. The lowest BCUT2D eigenvalue weighted by Crippen LogP contribution is -2.39. The van der Waals surface area contributed by atoms with Crippen LogP contribution in [0.1, 0.15) is 43.7 Å². The van der Waals surface area contributed by atoms with E-state index in [2.05, 4.69) is 46.1 Å². The predicted octanol–water partition coefficient (Wildman–Crippen LogP) is 2.37. The van der Waals surface area contributed by atoms with Crippen molar-refractivity contribution in [1.29, 1.82) is 0 Å². The molecule has 6 heteroatoms. The molecule has 0 unspecified atom stereocenters. The molecule has 144 valence electrons. The van der Waals surface area contributed by atoms with Gasteiger partial charge in [0.05, 0.1) is 6.61 Å². The number of nitrogens with zero attached hydrogens (tertiary/aromatic N) is 1. The minimum Gasteiger partial charge on any atom is -0.493 e. The molecule has 3 N–H and O–H groups in total. The number of carbonyl (C=O) groups is 1. The highest BCUT2D eigenvalue weighted by Crippen LogP contribution is 2.30. The van der Waals surface area contributed by atoms with Gasteiger partial charge in [0, 0.05) is 38.7 Å². The Morgan fingerprint density at radius 3 is 2.73 bits per heavy atom. The van der Waals surface area contributed by atoms with Crippen LogP contribution in [0.4, 0.5) is 0 Å². The van der Waals surface area contributed by atoms with Gasteiger partial charge in [0.2, 0.25) is 5.91 Å². The third-order valence-corrected chi connectivity index (χ3v) is 4.28. The van der Waals surface area contributed by atoms with Crippen LogP contribution in [0.2, 0.25) is 0 Å². The zero-order chi connectivity index (χ0) is 18.8. The summed E-state index contributed by atoms with van der Waals surface area (Å²) in [6, 6.07) is 6.28. The first-order chi connectivity index (χ1) is 12.6. The van der Waals surface area contributed by atoms with Crippen molar-refractivity contribution in [3.63, 3.8) is 0 Å². The monoisotopic (exact) mass is 360 g/mol. The first-order valence-electron chi connectivity index (χ1n) is 9.56. The largest absolute Gasteiger partial charge is 0.493 e. The lowest BCUT2D eigenvalue weighted by molar-refractivity contribution is -0.120. The number of hydrogen-bond donors (Lipinski definition) is 3. The van der Waals surface area contributed by atoms with Crippen LogP contribution in [-0.4, -0.2) is 38.6 Å². The summed E-state index contributed by atoms with van der Waals surface area (Å²) in [7, 11) is 1.73. The maximum Gasteiger partial charge on any atom is 0.221 e. The normalized spacial score (nSPS) is 14.0. The Morgan fingerprint density at radius 2 is 2.04 bits per heavy atom. The third-order valence-electron chi connectivity index (χ3n) is 4.28. The van der Waals surface area contributed by atoms with Crippen molar-refractivity contribution in [1.82, 2.24) is 16.0 Å². The van der Waals surface area contributed by atoms with Crippen molar-refractivity contribution >= 4 is 11.9 Å². The Morgan fingerprint density at radius 1 is 1.23 bits per heavy atom. The van der Waals surface area contributed by atoms with Crippen LogP contribution in [0.5, 0.6) is 5.75 Å². The summed E-state index contributed by atoms with van der Waals surface area (Å²) >= 11 is 0. The van der Waals surface area contributed by atoms with E-state index in [1.807, 2.05) is 6.92 Å². The van der Waals surface area contributed by atoms with E-state index in [0.717, 1.165) is 36.8 Å². The van der Waals surface area contributed by atoms with Crippen LogP contribution in [-0.2, 0) is 11.3 Å². The second-order valence-corrected chi connectivity index (χ2v) is 6.82. The number of amides is 1. The molecule has 2 rings (SSSR count). The maximum atomic E-state index is 11.6. The molecule has 0 aromatic heterocycles. The van der Waals surface area contributed by atoms with Gasteiger partial charge in [0.15, 0.2) is 5.96 Å². The molecular weight excluding hydrogens is 328 g/mol. The number of guanidine groups is 1. The molecule has 1 amide bonds. The van der Waals surface area contributed by atoms with E-state index < -0.39 is 0 Å². The Labute approximate surface area is 156 Å². The molecule has 6 nitrogen and oxygen atoms in total. The van der Waals surface area contributed by atoms with Gasteiger partial charge in [-0.05, 0) is 43.7 Å². The van der Waals surface area contributed by atoms with E-state index in [0.29, 0.717) is 25.5 Å². The van der Waals surface area contributed by atoms with Crippen LogP contribution in [0.3, 0.4) is 0 Å². The second kappa shape index (κ2) is 10.7. The summed E-state index contributed by atoms with van der Waals surface area (Å²) in [5.41, 5.74) is 2.31. The van der Waals surface area contributed by atoms with E-state index in [-0.39, 0.29) is 5.91 Å².